The van der Waals surface area contributed by atoms with Gasteiger partial charge >= 0.3 is 12.1 Å². The molecule has 0 radical (unpaired) electrons. The van der Waals surface area contributed by atoms with E-state index in [9.17, 15) is 27.5 Å². The third-order valence-electron chi connectivity index (χ3n) is 6.41. The van der Waals surface area contributed by atoms with Crippen LogP contribution in [0.4, 0.5) is 33.6 Å². The number of rotatable bonds is 7. The number of carboxylic acids is 1. The number of nitrogen functional groups attached to an aromatic ring is 1. The summed E-state index contributed by atoms with van der Waals surface area (Å²) in [6.07, 6.45) is -3.52. The van der Waals surface area contributed by atoms with Crippen molar-refractivity contribution in [3.8, 4) is 11.3 Å². The van der Waals surface area contributed by atoms with Gasteiger partial charge in [-0.1, -0.05) is 0 Å². The van der Waals surface area contributed by atoms with Gasteiger partial charge in [-0.2, -0.15) is 13.2 Å². The molecule has 9 nitrogen and oxygen atoms in total. The minimum Gasteiger partial charge on any atom is -0.477 e. The monoisotopic (exact) mass is 539 g/mol. The molecular formula is C24H26F5N7O2. The Labute approximate surface area is 214 Å². The van der Waals surface area contributed by atoms with Gasteiger partial charge in [-0.25, -0.2) is 28.5 Å². The van der Waals surface area contributed by atoms with E-state index >= 15 is 4.39 Å². The number of halogens is 5. The Morgan fingerprint density at radius 1 is 1.26 bits per heavy atom. The molecule has 14 heteroatoms. The van der Waals surface area contributed by atoms with Gasteiger partial charge in [0.05, 0.1) is 23.7 Å². The summed E-state index contributed by atoms with van der Waals surface area (Å²) < 4.78 is 71.0. The first-order chi connectivity index (χ1) is 17.9. The maximum atomic E-state index is 15.6. The molecule has 3 aromatic rings. The van der Waals surface area contributed by atoms with Gasteiger partial charge in [0, 0.05) is 31.4 Å². The summed E-state index contributed by atoms with van der Waals surface area (Å²) in [6, 6.07) is 2.64. The Morgan fingerprint density at radius 3 is 2.63 bits per heavy atom. The molecule has 0 unspecified atom stereocenters. The number of likely N-dealkylation sites (N-methyl/N-ethyl adjacent to an activating group) is 1. The zero-order valence-corrected chi connectivity index (χ0v) is 20.6. The average Bonchev–Trinajstić information content (AvgIpc) is 3.25. The molecule has 3 heterocycles. The highest BCUT2D eigenvalue weighted by atomic mass is 19.4. The van der Waals surface area contributed by atoms with Crippen LogP contribution in [-0.2, 0) is 12.7 Å². The fourth-order valence-electron chi connectivity index (χ4n) is 4.48. The minimum absolute atomic E-state index is 0.00808. The van der Waals surface area contributed by atoms with Gasteiger partial charge in [0.1, 0.15) is 41.3 Å². The van der Waals surface area contributed by atoms with Crippen molar-refractivity contribution in [3.05, 3.63) is 53.5 Å². The lowest BCUT2D eigenvalue weighted by molar-refractivity contribution is -0.139. The molecule has 0 saturated carbocycles. The molecule has 1 aromatic carbocycles. The summed E-state index contributed by atoms with van der Waals surface area (Å²) in [5.41, 5.74) is 4.20. The van der Waals surface area contributed by atoms with Crippen LogP contribution in [0.3, 0.4) is 0 Å². The van der Waals surface area contributed by atoms with Gasteiger partial charge in [0.15, 0.2) is 0 Å². The molecule has 0 aliphatic carbocycles. The van der Waals surface area contributed by atoms with Crippen LogP contribution in [0.15, 0.2) is 30.7 Å². The summed E-state index contributed by atoms with van der Waals surface area (Å²) >= 11 is 0. The van der Waals surface area contributed by atoms with Crippen molar-refractivity contribution in [1.29, 1.82) is 0 Å². The molecule has 38 heavy (non-hydrogen) atoms. The lowest BCUT2D eigenvalue weighted by Gasteiger charge is -2.35. The number of nitrogens with zero attached hydrogens (tertiary/aromatic N) is 6. The van der Waals surface area contributed by atoms with Gasteiger partial charge in [0.2, 0.25) is 0 Å². The Balaban J connectivity index is 1.66. The quantitative estimate of drug-likeness (QED) is 0.438. The highest BCUT2D eigenvalue weighted by Gasteiger charge is 2.37. The SMILES string of the molecule is CN(C)CCn1cc(-c2ccc(F)c(C(F)(F)F)c2)nc1[C@@H]1CCN(c2ncnc(N)c2C(=O)O)C[C@@H]1F. The van der Waals surface area contributed by atoms with E-state index in [0.29, 0.717) is 25.0 Å². The molecule has 0 amide bonds. The van der Waals surface area contributed by atoms with Crippen molar-refractivity contribution < 1.29 is 31.9 Å². The first-order valence-electron chi connectivity index (χ1n) is 11.7. The molecule has 1 aliphatic rings. The number of aromatic nitrogens is 4. The minimum atomic E-state index is -4.88. The fourth-order valence-corrected chi connectivity index (χ4v) is 4.48. The maximum Gasteiger partial charge on any atom is 0.419 e. The van der Waals surface area contributed by atoms with Crippen molar-refractivity contribution >= 4 is 17.6 Å². The topological polar surface area (TPSA) is 113 Å². The predicted octanol–water partition coefficient (Wildman–Crippen LogP) is 3.67. The number of alkyl halides is 4. The fraction of sp³-hybridized carbons (Fsp3) is 0.417. The zero-order chi connectivity index (χ0) is 27.8. The number of benzene rings is 1. The largest absolute Gasteiger partial charge is 0.477 e. The Bertz CT molecular complexity index is 1330. The molecule has 4 rings (SSSR count). The van der Waals surface area contributed by atoms with Crippen molar-refractivity contribution in [1.82, 2.24) is 24.4 Å². The van der Waals surface area contributed by atoms with Gasteiger partial charge in [-0.15, -0.1) is 0 Å². The Morgan fingerprint density at radius 2 is 2.00 bits per heavy atom. The van der Waals surface area contributed by atoms with E-state index in [2.05, 4.69) is 15.0 Å². The van der Waals surface area contributed by atoms with Crippen LogP contribution < -0.4 is 10.6 Å². The van der Waals surface area contributed by atoms with Crippen molar-refractivity contribution in [2.75, 3.05) is 44.4 Å². The molecule has 1 fully saturated rings. The van der Waals surface area contributed by atoms with E-state index < -0.39 is 35.6 Å². The van der Waals surface area contributed by atoms with Crippen molar-refractivity contribution in [2.45, 2.75) is 31.2 Å². The summed E-state index contributed by atoms with van der Waals surface area (Å²) in [7, 11) is 3.69. The van der Waals surface area contributed by atoms with E-state index in [4.69, 9.17) is 5.73 Å². The van der Waals surface area contributed by atoms with E-state index in [1.54, 1.807) is 10.8 Å². The number of carbonyl (C=O) groups is 1. The van der Waals surface area contributed by atoms with E-state index in [-0.39, 0.29) is 48.0 Å². The zero-order valence-electron chi connectivity index (χ0n) is 20.6. The smallest absolute Gasteiger partial charge is 0.419 e. The molecule has 204 valence electrons. The highest BCUT2D eigenvalue weighted by molar-refractivity contribution is 5.98. The molecular weight excluding hydrogens is 513 g/mol. The number of carboxylic acid groups (broad SMARTS) is 1. The second-order valence-electron chi connectivity index (χ2n) is 9.29. The third-order valence-corrected chi connectivity index (χ3v) is 6.41. The summed E-state index contributed by atoms with van der Waals surface area (Å²) in [5.74, 6) is -3.34. The van der Waals surface area contributed by atoms with Crippen LogP contribution in [-0.4, -0.2) is 75.4 Å². The van der Waals surface area contributed by atoms with Crippen molar-refractivity contribution in [2.24, 2.45) is 0 Å². The molecule has 1 aliphatic heterocycles. The van der Waals surface area contributed by atoms with Crippen LogP contribution >= 0.6 is 0 Å². The number of piperidine rings is 1. The van der Waals surface area contributed by atoms with Crippen LogP contribution in [0.5, 0.6) is 0 Å². The van der Waals surface area contributed by atoms with Crippen LogP contribution in [0.1, 0.15) is 34.1 Å². The number of nitrogens with two attached hydrogens (primary N) is 1. The lowest BCUT2D eigenvalue weighted by atomic mass is 9.93. The summed E-state index contributed by atoms with van der Waals surface area (Å²) in [5, 5.41) is 9.52. The molecule has 0 spiro atoms. The molecule has 3 N–H and O–H groups in total. The summed E-state index contributed by atoms with van der Waals surface area (Å²) in [4.78, 5) is 27.2. The van der Waals surface area contributed by atoms with Crippen LogP contribution in [0.2, 0.25) is 0 Å². The van der Waals surface area contributed by atoms with E-state index in [1.807, 2.05) is 19.0 Å². The number of hydrogen-bond acceptors (Lipinski definition) is 7. The Kier molecular flexibility index (Phi) is 7.54. The Hall–Kier alpha value is -3.81. The maximum absolute atomic E-state index is 15.6. The van der Waals surface area contributed by atoms with Crippen LogP contribution in [0.25, 0.3) is 11.3 Å². The van der Waals surface area contributed by atoms with Gasteiger partial charge < -0.3 is 25.2 Å². The number of aromatic carboxylic acids is 1. The normalized spacial score (nSPS) is 18.3. The first kappa shape index (κ1) is 27.2. The van der Waals surface area contributed by atoms with Crippen LogP contribution in [0, 0.1) is 5.82 Å². The third kappa shape index (κ3) is 5.54. The molecule has 2 atom stereocenters. The second-order valence-corrected chi connectivity index (χ2v) is 9.29. The van der Waals surface area contributed by atoms with Crippen molar-refractivity contribution in [3.63, 3.8) is 0 Å². The van der Waals surface area contributed by atoms with E-state index in [0.717, 1.165) is 12.4 Å². The van der Waals surface area contributed by atoms with Gasteiger partial charge in [-0.05, 0) is 38.7 Å². The van der Waals surface area contributed by atoms with Gasteiger partial charge in [-0.3, -0.25) is 0 Å². The molecule has 1 saturated heterocycles. The molecule has 0 bridgehead atoms. The lowest BCUT2D eigenvalue weighted by Crippen LogP contribution is -2.43. The standard InChI is InChI=1S/C24H26F5N7O2/c1-34(2)7-8-36-11-18(13-3-4-16(25)15(9-13)24(27,28)29)33-21(36)14-5-6-35(10-17(14)26)22-19(23(37)38)20(30)31-12-32-22/h3-4,9,11-12,14,17H,5-8,10H2,1-2H3,(H,37,38)(H2,30,31,32)/t14-,17+/m1/s1. The average molecular weight is 540 g/mol. The number of hydrogen-bond donors (Lipinski definition) is 2. The summed E-state index contributed by atoms with van der Waals surface area (Å²) in [6.45, 7) is 0.970. The second kappa shape index (κ2) is 10.5. The number of anilines is 2. The van der Waals surface area contributed by atoms with Gasteiger partial charge in [0.25, 0.3) is 0 Å². The van der Waals surface area contributed by atoms with E-state index in [1.165, 1.54) is 11.0 Å². The highest BCUT2D eigenvalue weighted by Crippen LogP contribution is 2.37. The first-order valence-corrected chi connectivity index (χ1v) is 11.7. The number of imidazole rings is 1. The molecule has 2 aromatic heterocycles. The predicted molar refractivity (Wildman–Crippen MR) is 129 cm³/mol.